The molecule has 0 amide bonds. The fourth-order valence-corrected chi connectivity index (χ4v) is 11.0. The minimum absolute atomic E-state index is 0.973. The first-order valence-electron chi connectivity index (χ1n) is 33.2. The number of halogens is 7. The highest BCUT2D eigenvalue weighted by molar-refractivity contribution is 9.10. The highest BCUT2D eigenvalue weighted by Crippen LogP contribution is 2.34. The second-order valence-electron chi connectivity index (χ2n) is 24.5. The van der Waals surface area contributed by atoms with Crippen LogP contribution < -0.4 is 29.4 Å². The molecule has 18 heteroatoms. The molecule has 0 aliphatic rings. The molecule has 9 aromatic rings. The van der Waals surface area contributed by atoms with E-state index in [0.29, 0.717) is 0 Å². The number of alkyl halides is 6. The average molecular weight is 1820 g/mol. The van der Waals surface area contributed by atoms with Gasteiger partial charge in [0.05, 0.1) is 23.1 Å². The molecule has 0 spiro atoms. The van der Waals surface area contributed by atoms with Crippen LogP contribution in [0.1, 0.15) is 107 Å². The molecule has 11 nitrogen and oxygen atoms in total. The molecule has 0 atom stereocenters. The Bertz CT molecular complexity index is 3540. The number of rotatable bonds is 12. The van der Waals surface area contributed by atoms with Gasteiger partial charge >= 0.3 is 0 Å². The smallest absolute Gasteiger partial charge is 0.149 e. The van der Waals surface area contributed by atoms with Crippen LogP contribution in [0.25, 0.3) is 32.6 Å². The van der Waals surface area contributed by atoms with Crippen LogP contribution in [-0.4, -0.2) is 164 Å². The second kappa shape index (κ2) is 57.3. The van der Waals surface area contributed by atoms with Crippen molar-refractivity contribution >= 4 is 178 Å². The molecule has 2 N–H and O–H groups in total. The maximum Gasteiger partial charge on any atom is 0.149 e. The van der Waals surface area contributed by atoms with E-state index in [1.165, 1.54) is 149 Å². The average Bonchev–Trinajstić information content (AvgIpc) is 1.25. The van der Waals surface area contributed by atoms with Crippen molar-refractivity contribution in [2.45, 2.75) is 123 Å². The zero-order valence-electron chi connectivity index (χ0n) is 67.2. The van der Waals surface area contributed by atoms with Crippen LogP contribution in [0, 0.1) is 83.1 Å². The number of aromatic nitrogens is 4. The van der Waals surface area contributed by atoms with Crippen LogP contribution in [0.4, 0.5) is 34.3 Å². The van der Waals surface area contributed by atoms with Gasteiger partial charge in [-0.25, -0.2) is 9.97 Å². The number of H-pyrrole nitrogens is 2. The number of anilines is 6. The number of hydrogen-bond acceptors (Lipinski definition) is 9. The molecule has 0 aliphatic carbocycles. The van der Waals surface area contributed by atoms with Crippen molar-refractivity contribution in [1.82, 2.24) is 24.8 Å². The number of imidazole rings is 2. The number of benzene rings is 7. The minimum Gasteiger partial charge on any atom is -0.378 e. The third-order valence-corrected chi connectivity index (χ3v) is 16.2. The molecular weight excluding hydrogens is 1690 g/mol. The molecule has 9 rings (SSSR count). The summed E-state index contributed by atoms with van der Waals surface area (Å²) < 4.78 is 1.19. The Morgan fingerprint density at radius 1 is 0.374 bits per heavy atom. The Hall–Kier alpha value is -4.14. The Morgan fingerprint density at radius 2 is 0.798 bits per heavy atom. The quantitative estimate of drug-likeness (QED) is 0.0918. The molecule has 0 saturated carbocycles. The van der Waals surface area contributed by atoms with Gasteiger partial charge in [0.2, 0.25) is 0 Å². The summed E-state index contributed by atoms with van der Waals surface area (Å²) in [6.07, 6.45) is 5.63. The molecule has 0 aliphatic heterocycles. The van der Waals surface area contributed by atoms with Crippen LogP contribution in [0.5, 0.6) is 0 Å². The molecule has 99 heavy (non-hydrogen) atoms. The fraction of sp³-hybridized carbons (Fsp3) is 0.481. The van der Waals surface area contributed by atoms with Gasteiger partial charge in [-0.1, -0.05) is 175 Å². The van der Waals surface area contributed by atoms with Crippen molar-refractivity contribution in [3.63, 3.8) is 0 Å². The van der Waals surface area contributed by atoms with E-state index in [9.17, 15) is 0 Å². The minimum atomic E-state index is 0.973. The summed E-state index contributed by atoms with van der Waals surface area (Å²) in [6, 6.07) is 35.0. The molecule has 0 fully saturated rings. The van der Waals surface area contributed by atoms with Crippen LogP contribution in [0.2, 0.25) is 0 Å². The molecule has 2 aromatic heterocycles. The van der Waals surface area contributed by atoms with Crippen molar-refractivity contribution in [2.24, 2.45) is 0 Å². The van der Waals surface area contributed by atoms with Crippen molar-refractivity contribution in [3.05, 3.63) is 175 Å². The number of fused-ring (bicyclic) bond motifs is 3. The molecule has 0 unspecified atom stereocenters. The molecule has 0 radical (unpaired) electrons. The third-order valence-electron chi connectivity index (χ3n) is 15.4. The second-order valence-corrected chi connectivity index (χ2v) is 25.3. The van der Waals surface area contributed by atoms with Gasteiger partial charge in [0.15, 0.2) is 0 Å². The number of hydrogen-bond donors (Lipinski definition) is 2. The van der Waals surface area contributed by atoms with Gasteiger partial charge in [-0.05, 0) is 289 Å². The number of aryl methyl sites for hydroxylation is 12. The number of nitrogens with one attached hydrogen (secondary N) is 2. The Labute approximate surface area is 663 Å². The van der Waals surface area contributed by atoms with Gasteiger partial charge in [0, 0.05) is 117 Å². The molecule has 0 bridgehead atoms. The van der Waals surface area contributed by atoms with Crippen LogP contribution in [0.15, 0.2) is 108 Å². The summed E-state index contributed by atoms with van der Waals surface area (Å²) >= 11 is 21.1. The van der Waals surface area contributed by atoms with Gasteiger partial charge in [-0.3, -0.25) is 0 Å². The van der Waals surface area contributed by atoms with E-state index in [-0.39, 0.29) is 0 Å². The van der Waals surface area contributed by atoms with Gasteiger partial charge in [-0.15, -0.1) is 0 Å². The van der Waals surface area contributed by atoms with Crippen LogP contribution in [0.3, 0.4) is 0 Å². The van der Waals surface area contributed by atoms with E-state index in [4.69, 9.17) is 0 Å². The first-order chi connectivity index (χ1) is 46.9. The SMILES string of the molecule is CBr.CBr.CBr.CBr.CBr.CBr.CCCN(CCC)CCC.Cc1c2ccccc2c(C)c2cc(N(C)C)ccc12.Cc1cc(C)cc(N(C)C)c1.Cc1cc(N(C)C)c(C)c2[nH]cnc12.Cc1cc(N(C)C)c(C)cc1Br.Cc1ccc(N(C)C)cc1C.Cc1nc(N(C)C)c(C)[nH]1. The van der Waals surface area contributed by atoms with E-state index < -0.39 is 0 Å². The molecule has 2 heterocycles. The van der Waals surface area contributed by atoms with E-state index in [2.05, 4.69) is 418 Å². The lowest BCUT2D eigenvalue weighted by Crippen LogP contribution is -2.25. The standard InChI is InChI=1S/C18H19N.C11H15N3.C10H14BrN.2C10H15N.C9H21N.C7H13N3.6CH3Br/c1-12-15-7-5-6-8-16(15)13(2)18-11-14(19(3)4)9-10-17(12)18;1-7-5-9(14(3)4)8(2)11-10(7)12-6-13-11;1-7-6-10(12(3)4)8(2)5-9(7)11;1-8-5-9(2)7-10(6-8)11(3)4;1-8-5-6-10(11(3)4)7-9(8)2;1-4-7-10(8-5-2)9-6-3;1-5-7(10(3)4)9-6(2)8-5;6*1-2/h5-11H,1-4H3;5-6H,1-4H3,(H,12,13);5-6H,1-4H3;2*5-7H,1-4H3;4-9H2,1-3H3;1-4H3,(H,8,9);6*1H3. The Morgan fingerprint density at radius 3 is 1.19 bits per heavy atom. The molecular formula is C81H130Br7N11. The summed E-state index contributed by atoms with van der Waals surface area (Å²) in [4.78, 5) is 30.1. The molecule has 0 saturated heterocycles. The summed E-state index contributed by atoms with van der Waals surface area (Å²) in [5, 5.41) is 5.46. The Kier molecular flexibility index (Phi) is 58.6. The Balaban J connectivity index is -0.000000524. The van der Waals surface area contributed by atoms with E-state index >= 15 is 0 Å². The summed E-state index contributed by atoms with van der Waals surface area (Å²) in [7, 11) is 24.6. The lowest BCUT2D eigenvalue weighted by molar-refractivity contribution is 0.275. The van der Waals surface area contributed by atoms with E-state index in [1.54, 1.807) is 6.33 Å². The zero-order chi connectivity index (χ0) is 77.6. The number of nitrogens with zero attached hydrogens (tertiary/aromatic N) is 9. The third kappa shape index (κ3) is 36.2. The highest BCUT2D eigenvalue weighted by Gasteiger charge is 2.12. The van der Waals surface area contributed by atoms with Gasteiger partial charge in [0.25, 0.3) is 0 Å². The van der Waals surface area contributed by atoms with Crippen LogP contribution >= 0.6 is 112 Å². The summed E-state index contributed by atoms with van der Waals surface area (Å²) in [6.45, 7) is 36.0. The van der Waals surface area contributed by atoms with Gasteiger partial charge < -0.3 is 44.3 Å². The summed E-state index contributed by atoms with van der Waals surface area (Å²) in [5.41, 5.74) is 22.9. The monoisotopic (exact) mass is 1810 g/mol. The first-order valence-corrected chi connectivity index (χ1v) is 43.5. The van der Waals surface area contributed by atoms with Gasteiger partial charge in [-0.2, -0.15) is 0 Å². The molecule has 7 aromatic carbocycles. The highest BCUT2D eigenvalue weighted by atomic mass is 79.9. The zero-order valence-corrected chi connectivity index (χ0v) is 78.3. The topological polar surface area (TPSA) is 80.0 Å². The van der Waals surface area contributed by atoms with Crippen LogP contribution in [-0.2, 0) is 0 Å². The van der Waals surface area contributed by atoms with Crippen molar-refractivity contribution in [3.8, 4) is 0 Å². The van der Waals surface area contributed by atoms with Crippen molar-refractivity contribution in [1.29, 1.82) is 0 Å². The largest absolute Gasteiger partial charge is 0.378 e. The first kappa shape index (κ1) is 101. The lowest BCUT2D eigenvalue weighted by Gasteiger charge is -2.19. The lowest BCUT2D eigenvalue weighted by atomic mass is 9.93. The van der Waals surface area contributed by atoms with Gasteiger partial charge in [0.1, 0.15) is 11.6 Å². The van der Waals surface area contributed by atoms with E-state index in [0.717, 1.165) is 28.4 Å². The van der Waals surface area contributed by atoms with Crippen molar-refractivity contribution in [2.75, 3.05) is 169 Å². The maximum absolute atomic E-state index is 4.31. The van der Waals surface area contributed by atoms with Crippen molar-refractivity contribution < 1.29 is 0 Å². The number of aromatic amines is 2. The maximum atomic E-state index is 4.31. The predicted octanol–water partition coefficient (Wildman–Crippen LogP) is 24.5. The molecule has 558 valence electrons. The summed E-state index contributed by atoms with van der Waals surface area (Å²) in [5.74, 6) is 12.9. The normalized spacial score (nSPS) is 9.55. The predicted molar refractivity (Wildman–Crippen MR) is 482 cm³/mol. The fourth-order valence-electron chi connectivity index (χ4n) is 10.5. The van der Waals surface area contributed by atoms with E-state index in [1.807, 2.05) is 67.8 Å².